The highest BCUT2D eigenvalue weighted by Gasteiger charge is 1.97. The topological polar surface area (TPSA) is 47.6 Å². The number of nitrogens with one attached hydrogen (secondary N) is 1. The predicted octanol–water partition coefficient (Wildman–Crippen LogP) is 0.931. The van der Waals surface area contributed by atoms with Crippen LogP contribution < -0.4 is 5.32 Å². The molecule has 4 heteroatoms. The van der Waals surface area contributed by atoms with Crippen LogP contribution in [0.3, 0.4) is 0 Å². The molecule has 0 heterocycles. The maximum atomic E-state index is 10.6. The average molecular weight is 160 g/mol. The van der Waals surface area contributed by atoms with E-state index >= 15 is 0 Å². The van der Waals surface area contributed by atoms with Crippen LogP contribution in [0.25, 0.3) is 0 Å². The Morgan fingerprint density at radius 3 is 2.91 bits per heavy atom. The van der Waals surface area contributed by atoms with E-state index < -0.39 is 6.09 Å². The molecule has 11 heavy (non-hydrogen) atoms. The van der Waals surface area contributed by atoms with E-state index in [1.807, 2.05) is 6.92 Å². The second-order valence-electron chi connectivity index (χ2n) is 1.76. The molecule has 1 amide bonds. The van der Waals surface area contributed by atoms with Gasteiger partial charge >= 0.3 is 6.09 Å². The maximum absolute atomic E-state index is 10.6. The van der Waals surface area contributed by atoms with Crippen molar-refractivity contribution >= 4 is 6.09 Å². The van der Waals surface area contributed by atoms with E-state index in [0.717, 1.165) is 0 Å². The second kappa shape index (κ2) is 7.34. The van der Waals surface area contributed by atoms with Gasteiger partial charge in [-0.1, -0.05) is 0 Å². The van der Waals surface area contributed by atoms with E-state index in [4.69, 9.17) is 4.74 Å². The van der Waals surface area contributed by atoms with Crippen LogP contribution in [0.4, 0.5) is 4.79 Å². The summed E-state index contributed by atoms with van der Waals surface area (Å²) in [5, 5.41) is 2.50. The lowest BCUT2D eigenvalue weighted by molar-refractivity contribution is 0.139. The molecule has 0 spiro atoms. The van der Waals surface area contributed by atoms with Crippen LogP contribution in [-0.4, -0.2) is 25.9 Å². The zero-order chi connectivity index (χ0) is 8.53. The second-order valence-corrected chi connectivity index (χ2v) is 1.76. The number of hydrogen-bond donors (Lipinski definition) is 1. The van der Waals surface area contributed by atoms with Gasteiger partial charge < -0.3 is 14.8 Å². The molecule has 1 radical (unpaired) electrons. The van der Waals surface area contributed by atoms with Crippen molar-refractivity contribution in [2.75, 3.05) is 19.8 Å². The van der Waals surface area contributed by atoms with E-state index in [1.54, 1.807) is 6.92 Å². The first-order valence-electron chi connectivity index (χ1n) is 3.61. The monoisotopic (exact) mass is 160 g/mol. The van der Waals surface area contributed by atoms with Gasteiger partial charge in [0.05, 0.1) is 6.61 Å². The van der Waals surface area contributed by atoms with Gasteiger partial charge in [0, 0.05) is 13.2 Å². The first-order valence-corrected chi connectivity index (χ1v) is 3.61. The molecule has 0 unspecified atom stereocenters. The lowest BCUT2D eigenvalue weighted by atomic mass is 10.7. The summed E-state index contributed by atoms with van der Waals surface area (Å²) < 4.78 is 9.47. The summed E-state index contributed by atoms with van der Waals surface area (Å²) in [5.74, 6) is 0. The molecule has 1 N–H and O–H groups in total. The molecule has 0 aliphatic rings. The molecule has 0 bridgehead atoms. The Hall–Kier alpha value is -0.770. The van der Waals surface area contributed by atoms with Crippen molar-refractivity contribution in [3.05, 3.63) is 6.61 Å². The summed E-state index contributed by atoms with van der Waals surface area (Å²) >= 11 is 0. The number of carbonyl (C=O) groups is 1. The summed E-state index contributed by atoms with van der Waals surface area (Å²) in [6.07, 6.45) is -0.438. The van der Waals surface area contributed by atoms with Crippen molar-refractivity contribution in [1.29, 1.82) is 0 Å². The number of hydrogen-bond acceptors (Lipinski definition) is 3. The molecular weight excluding hydrogens is 146 g/mol. The summed E-state index contributed by atoms with van der Waals surface area (Å²) in [5.41, 5.74) is 0. The van der Waals surface area contributed by atoms with Crippen LogP contribution >= 0.6 is 0 Å². The largest absolute Gasteiger partial charge is 0.443 e. The van der Waals surface area contributed by atoms with E-state index in [-0.39, 0.29) is 0 Å². The minimum atomic E-state index is -0.438. The van der Waals surface area contributed by atoms with E-state index in [1.165, 1.54) is 6.61 Å². The average Bonchev–Trinajstić information content (AvgIpc) is 1.99. The van der Waals surface area contributed by atoms with Gasteiger partial charge in [0.15, 0.2) is 0 Å². The Bertz CT molecular complexity index is 106. The van der Waals surface area contributed by atoms with Gasteiger partial charge in [0.1, 0.15) is 6.61 Å². The smallest absolute Gasteiger partial charge is 0.407 e. The van der Waals surface area contributed by atoms with Crippen molar-refractivity contribution < 1.29 is 14.3 Å². The lowest BCUT2D eigenvalue weighted by Crippen LogP contribution is -2.27. The summed E-state index contributed by atoms with van der Waals surface area (Å²) in [6.45, 7) is 6.54. The third-order valence-electron chi connectivity index (χ3n) is 0.945. The minimum absolute atomic E-state index is 0.438. The molecular formula is C7H14NO3. The zero-order valence-electron chi connectivity index (χ0n) is 6.92. The lowest BCUT2D eigenvalue weighted by Gasteiger charge is -2.03. The van der Waals surface area contributed by atoms with Crippen molar-refractivity contribution in [3.63, 3.8) is 0 Å². The number of amides is 1. The van der Waals surface area contributed by atoms with Crippen molar-refractivity contribution in [1.82, 2.24) is 5.32 Å². The van der Waals surface area contributed by atoms with Crippen molar-refractivity contribution in [2.24, 2.45) is 0 Å². The van der Waals surface area contributed by atoms with E-state index in [9.17, 15) is 4.79 Å². The van der Waals surface area contributed by atoms with E-state index in [2.05, 4.69) is 10.1 Å². The van der Waals surface area contributed by atoms with Crippen molar-refractivity contribution in [3.8, 4) is 0 Å². The number of alkyl carbamates (subject to hydrolysis) is 1. The summed E-state index contributed by atoms with van der Waals surface area (Å²) in [4.78, 5) is 10.6. The van der Waals surface area contributed by atoms with Gasteiger partial charge in [-0.3, -0.25) is 0 Å². The van der Waals surface area contributed by atoms with Crippen LogP contribution in [0.2, 0.25) is 0 Å². The molecule has 0 rings (SSSR count). The molecule has 0 aromatic heterocycles. The Labute approximate surface area is 66.9 Å². The quantitative estimate of drug-likeness (QED) is 0.608. The molecule has 0 aliphatic heterocycles. The third-order valence-corrected chi connectivity index (χ3v) is 0.945. The molecule has 0 atom stereocenters. The fraction of sp³-hybridized carbons (Fsp3) is 0.714. The molecule has 0 saturated heterocycles. The third kappa shape index (κ3) is 7.12. The SMILES string of the molecule is C[CH]OC(=O)NCCOCC. The molecule has 65 valence electrons. The summed E-state index contributed by atoms with van der Waals surface area (Å²) in [6, 6.07) is 0. The molecule has 0 aliphatic carbocycles. The fourth-order valence-electron chi connectivity index (χ4n) is 0.518. The highest BCUT2D eigenvalue weighted by atomic mass is 16.5. The van der Waals surface area contributed by atoms with Crippen LogP contribution in [0, 0.1) is 6.61 Å². The Balaban J connectivity index is 3.04. The molecule has 0 saturated carbocycles. The van der Waals surface area contributed by atoms with E-state index in [0.29, 0.717) is 19.8 Å². The van der Waals surface area contributed by atoms with Crippen LogP contribution in [0.15, 0.2) is 0 Å². The van der Waals surface area contributed by atoms with Crippen LogP contribution in [0.5, 0.6) is 0 Å². The van der Waals surface area contributed by atoms with Gasteiger partial charge in [0.2, 0.25) is 0 Å². The highest BCUT2D eigenvalue weighted by molar-refractivity contribution is 5.67. The molecule has 0 fully saturated rings. The number of ether oxygens (including phenoxy) is 2. The predicted molar refractivity (Wildman–Crippen MR) is 41.0 cm³/mol. The van der Waals surface area contributed by atoms with Gasteiger partial charge in [-0.05, 0) is 13.8 Å². The zero-order valence-corrected chi connectivity index (χ0v) is 6.92. The number of carbonyl (C=O) groups excluding carboxylic acids is 1. The minimum Gasteiger partial charge on any atom is -0.443 e. The fourth-order valence-corrected chi connectivity index (χ4v) is 0.518. The molecule has 4 nitrogen and oxygen atoms in total. The molecule has 0 aromatic rings. The first-order chi connectivity index (χ1) is 5.31. The normalized spacial score (nSPS) is 9.27. The first kappa shape index (κ1) is 10.2. The maximum Gasteiger partial charge on any atom is 0.407 e. The Morgan fingerprint density at radius 1 is 1.64 bits per heavy atom. The Kier molecular flexibility index (Phi) is 6.82. The summed E-state index contributed by atoms with van der Waals surface area (Å²) in [7, 11) is 0. The number of rotatable bonds is 5. The van der Waals surface area contributed by atoms with Gasteiger partial charge in [-0.2, -0.15) is 0 Å². The molecule has 0 aromatic carbocycles. The van der Waals surface area contributed by atoms with Crippen molar-refractivity contribution in [2.45, 2.75) is 13.8 Å². The standard InChI is InChI=1S/C7H14NO3/c1-3-10-6-5-8-7(9)11-4-2/h4H,3,5-6H2,1-2H3,(H,8,9). The van der Waals surface area contributed by atoms with Gasteiger partial charge in [-0.15, -0.1) is 0 Å². The Morgan fingerprint density at radius 2 is 2.36 bits per heavy atom. The highest BCUT2D eigenvalue weighted by Crippen LogP contribution is 1.80. The van der Waals surface area contributed by atoms with Gasteiger partial charge in [-0.25, -0.2) is 4.79 Å². The van der Waals surface area contributed by atoms with Crippen LogP contribution in [-0.2, 0) is 9.47 Å². The van der Waals surface area contributed by atoms with Gasteiger partial charge in [0.25, 0.3) is 0 Å². The van der Waals surface area contributed by atoms with Crippen LogP contribution in [0.1, 0.15) is 13.8 Å².